The molecule has 0 fully saturated rings. The van der Waals surface area contributed by atoms with Gasteiger partial charge in [0.15, 0.2) is 11.6 Å². The van der Waals surface area contributed by atoms with E-state index >= 15 is 0 Å². The van der Waals surface area contributed by atoms with Gasteiger partial charge in [-0.1, -0.05) is 0 Å². The van der Waals surface area contributed by atoms with E-state index in [1.165, 1.54) is 0 Å². The fourth-order valence-electron chi connectivity index (χ4n) is 1.45. The molecule has 0 saturated carbocycles. The molecule has 0 spiro atoms. The summed E-state index contributed by atoms with van der Waals surface area (Å²) in [5.74, 6) is -5.95. The van der Waals surface area contributed by atoms with Gasteiger partial charge in [-0.3, -0.25) is 4.98 Å². The minimum absolute atomic E-state index is 0.710. The van der Waals surface area contributed by atoms with E-state index in [4.69, 9.17) is 0 Å². The number of halogens is 6. The predicted molar refractivity (Wildman–Crippen MR) is 46.6 cm³/mol. The zero-order valence-electron chi connectivity index (χ0n) is 7.95. The van der Waals surface area contributed by atoms with Gasteiger partial charge >= 0.3 is 6.18 Å². The van der Waals surface area contributed by atoms with E-state index in [-0.39, 0.29) is 0 Å². The Labute approximate surface area is 90.7 Å². The summed E-state index contributed by atoms with van der Waals surface area (Å²) in [4.78, 5) is 3.30. The summed E-state index contributed by atoms with van der Waals surface area (Å²) < 4.78 is 76.9. The Morgan fingerprint density at radius 1 is 0.941 bits per heavy atom. The first-order chi connectivity index (χ1) is 7.84. The molecule has 1 heterocycles. The van der Waals surface area contributed by atoms with Crippen molar-refractivity contribution in [2.45, 2.75) is 6.18 Å². The highest BCUT2D eigenvalue weighted by Crippen LogP contribution is 2.37. The van der Waals surface area contributed by atoms with E-state index in [9.17, 15) is 26.3 Å². The lowest BCUT2D eigenvalue weighted by Crippen LogP contribution is -2.14. The Kier molecular flexibility index (Phi) is 2.48. The predicted octanol–water partition coefficient (Wildman–Crippen LogP) is 3.67. The van der Waals surface area contributed by atoms with Crippen LogP contribution >= 0.6 is 0 Å². The number of nitrogens with zero attached hydrogens (tertiary/aromatic N) is 1. The van der Waals surface area contributed by atoms with E-state index in [1.807, 2.05) is 0 Å². The standard InChI is InChI=1S/C10H3F6N/c11-6-4-2-1-3-17-9(4)8(13)7(12)5(6)10(14,15)16/h1-3H. The maximum absolute atomic E-state index is 13.4. The van der Waals surface area contributed by atoms with Gasteiger partial charge in [0, 0.05) is 11.6 Å². The van der Waals surface area contributed by atoms with Crippen molar-refractivity contribution >= 4 is 10.9 Å². The molecule has 90 valence electrons. The van der Waals surface area contributed by atoms with Crippen LogP contribution in [0, 0.1) is 17.5 Å². The molecule has 0 saturated heterocycles. The minimum atomic E-state index is -5.31. The fraction of sp³-hybridized carbons (Fsp3) is 0.100. The van der Waals surface area contributed by atoms with Gasteiger partial charge in [0.25, 0.3) is 0 Å². The van der Waals surface area contributed by atoms with Gasteiger partial charge in [-0.25, -0.2) is 13.2 Å². The summed E-state index contributed by atoms with van der Waals surface area (Å²) in [6, 6.07) is 2.03. The third-order valence-electron chi connectivity index (χ3n) is 2.17. The molecular weight excluding hydrogens is 248 g/mol. The summed E-state index contributed by atoms with van der Waals surface area (Å²) >= 11 is 0. The first-order valence-electron chi connectivity index (χ1n) is 4.32. The molecule has 0 radical (unpaired) electrons. The third kappa shape index (κ3) is 1.71. The fourth-order valence-corrected chi connectivity index (χ4v) is 1.45. The average Bonchev–Trinajstić information content (AvgIpc) is 2.24. The van der Waals surface area contributed by atoms with Crippen LogP contribution in [0.2, 0.25) is 0 Å². The van der Waals surface area contributed by atoms with Crippen molar-refractivity contribution in [2.75, 3.05) is 0 Å². The van der Waals surface area contributed by atoms with Crippen molar-refractivity contribution in [3.63, 3.8) is 0 Å². The largest absolute Gasteiger partial charge is 0.422 e. The van der Waals surface area contributed by atoms with Crippen molar-refractivity contribution < 1.29 is 26.3 Å². The van der Waals surface area contributed by atoms with Crippen LogP contribution in [0.1, 0.15) is 5.56 Å². The zero-order chi connectivity index (χ0) is 12.8. The van der Waals surface area contributed by atoms with Crippen LogP contribution in [-0.2, 0) is 6.18 Å². The van der Waals surface area contributed by atoms with Crippen molar-refractivity contribution in [3.8, 4) is 0 Å². The second-order valence-corrected chi connectivity index (χ2v) is 3.21. The highest BCUT2D eigenvalue weighted by molar-refractivity contribution is 5.80. The van der Waals surface area contributed by atoms with Gasteiger partial charge in [0.05, 0.1) is 0 Å². The van der Waals surface area contributed by atoms with Crippen LogP contribution in [0.5, 0.6) is 0 Å². The average molecular weight is 251 g/mol. The molecule has 0 aliphatic carbocycles. The lowest BCUT2D eigenvalue weighted by atomic mass is 10.1. The van der Waals surface area contributed by atoms with Crippen LogP contribution in [0.3, 0.4) is 0 Å². The summed E-state index contributed by atoms with van der Waals surface area (Å²) in [5, 5.41) is -0.710. The quantitative estimate of drug-likeness (QED) is 0.514. The molecule has 0 aliphatic heterocycles. The third-order valence-corrected chi connectivity index (χ3v) is 2.17. The number of pyridine rings is 1. The van der Waals surface area contributed by atoms with Crippen LogP contribution in [0.25, 0.3) is 10.9 Å². The van der Waals surface area contributed by atoms with E-state index in [0.717, 1.165) is 18.3 Å². The first kappa shape index (κ1) is 11.7. The molecular formula is C10H3F6N. The van der Waals surface area contributed by atoms with Crippen molar-refractivity contribution in [3.05, 3.63) is 41.3 Å². The molecule has 1 nitrogen and oxygen atoms in total. The maximum Gasteiger partial charge on any atom is 0.422 e. The van der Waals surface area contributed by atoms with Gasteiger partial charge in [-0.15, -0.1) is 0 Å². The molecule has 0 N–H and O–H groups in total. The number of benzene rings is 1. The highest BCUT2D eigenvalue weighted by atomic mass is 19.4. The Balaban J connectivity index is 2.97. The molecule has 1 aromatic heterocycles. The molecule has 0 aliphatic rings. The molecule has 0 bridgehead atoms. The molecule has 0 unspecified atom stereocenters. The molecule has 2 rings (SSSR count). The van der Waals surface area contributed by atoms with Crippen molar-refractivity contribution in [2.24, 2.45) is 0 Å². The molecule has 1 aromatic carbocycles. The topological polar surface area (TPSA) is 12.9 Å². The zero-order valence-corrected chi connectivity index (χ0v) is 7.95. The normalized spacial score (nSPS) is 12.1. The van der Waals surface area contributed by atoms with Crippen molar-refractivity contribution in [1.29, 1.82) is 0 Å². The van der Waals surface area contributed by atoms with Gasteiger partial charge < -0.3 is 0 Å². The maximum atomic E-state index is 13.4. The second-order valence-electron chi connectivity index (χ2n) is 3.21. The molecule has 0 atom stereocenters. The van der Waals surface area contributed by atoms with Crippen LogP contribution in [0.4, 0.5) is 26.3 Å². The minimum Gasteiger partial charge on any atom is -0.253 e. The Bertz CT molecular complexity index is 589. The number of aromatic nitrogens is 1. The number of hydrogen-bond donors (Lipinski definition) is 0. The molecule has 7 heteroatoms. The summed E-state index contributed by atoms with van der Waals surface area (Å²) in [5.41, 5.74) is -3.01. The molecule has 0 amide bonds. The van der Waals surface area contributed by atoms with Gasteiger partial charge in [-0.2, -0.15) is 13.2 Å². The van der Waals surface area contributed by atoms with Crippen LogP contribution in [0.15, 0.2) is 18.3 Å². The van der Waals surface area contributed by atoms with Crippen LogP contribution < -0.4 is 0 Å². The van der Waals surface area contributed by atoms with E-state index in [0.29, 0.717) is 0 Å². The molecule has 17 heavy (non-hydrogen) atoms. The summed E-state index contributed by atoms with van der Waals surface area (Å²) in [6.07, 6.45) is -4.28. The lowest BCUT2D eigenvalue weighted by Gasteiger charge is -2.11. The van der Waals surface area contributed by atoms with E-state index in [2.05, 4.69) is 4.98 Å². The summed E-state index contributed by atoms with van der Waals surface area (Å²) in [6.45, 7) is 0. The summed E-state index contributed by atoms with van der Waals surface area (Å²) in [7, 11) is 0. The number of rotatable bonds is 0. The van der Waals surface area contributed by atoms with Gasteiger partial charge in [0.1, 0.15) is 16.9 Å². The van der Waals surface area contributed by atoms with E-state index in [1.54, 1.807) is 0 Å². The lowest BCUT2D eigenvalue weighted by molar-refractivity contribution is -0.142. The molecule has 2 aromatic rings. The number of hydrogen-bond acceptors (Lipinski definition) is 1. The SMILES string of the molecule is Fc1c(C(F)(F)F)c(F)c2cccnc2c1F. The van der Waals surface area contributed by atoms with Gasteiger partial charge in [-0.05, 0) is 12.1 Å². The second kappa shape index (κ2) is 3.61. The Morgan fingerprint density at radius 3 is 2.18 bits per heavy atom. The first-order valence-corrected chi connectivity index (χ1v) is 4.32. The van der Waals surface area contributed by atoms with Gasteiger partial charge in [0.2, 0.25) is 0 Å². The smallest absolute Gasteiger partial charge is 0.253 e. The Hall–Kier alpha value is -1.79. The Morgan fingerprint density at radius 2 is 1.59 bits per heavy atom. The van der Waals surface area contributed by atoms with E-state index < -0.39 is 40.1 Å². The van der Waals surface area contributed by atoms with Crippen molar-refractivity contribution in [1.82, 2.24) is 4.98 Å². The number of fused-ring (bicyclic) bond motifs is 1. The van der Waals surface area contributed by atoms with Crippen LogP contribution in [-0.4, -0.2) is 4.98 Å². The monoisotopic (exact) mass is 251 g/mol. The highest BCUT2D eigenvalue weighted by Gasteiger charge is 2.40. The number of alkyl halides is 3.